The van der Waals surface area contributed by atoms with Crippen molar-refractivity contribution in [2.75, 3.05) is 13.7 Å². The largest absolute Gasteiger partial charge is 0.495 e. The lowest BCUT2D eigenvalue weighted by Gasteiger charge is -2.34. The zero-order chi connectivity index (χ0) is 22.1. The van der Waals surface area contributed by atoms with E-state index in [4.69, 9.17) is 4.74 Å². The van der Waals surface area contributed by atoms with Crippen molar-refractivity contribution in [1.29, 1.82) is 5.26 Å². The molecule has 0 spiro atoms. The van der Waals surface area contributed by atoms with Crippen LogP contribution < -0.4 is 4.74 Å². The highest BCUT2D eigenvalue weighted by molar-refractivity contribution is 9.10. The number of amides is 1. The molecule has 2 aromatic heterocycles. The van der Waals surface area contributed by atoms with Crippen molar-refractivity contribution in [2.45, 2.75) is 32.9 Å². The molecule has 4 rings (SSSR count). The number of aryl methyl sites for hydroxylation is 1. The van der Waals surface area contributed by atoms with Gasteiger partial charge in [0.1, 0.15) is 23.2 Å². The van der Waals surface area contributed by atoms with E-state index in [0.717, 1.165) is 27.8 Å². The number of pyridine rings is 1. The van der Waals surface area contributed by atoms with Gasteiger partial charge in [-0.05, 0) is 43.5 Å². The highest BCUT2D eigenvalue weighted by atomic mass is 79.9. The van der Waals surface area contributed by atoms with Crippen LogP contribution in [0.25, 0.3) is 0 Å². The van der Waals surface area contributed by atoms with Gasteiger partial charge >= 0.3 is 0 Å². The molecule has 1 atom stereocenters. The summed E-state index contributed by atoms with van der Waals surface area (Å²) in [7, 11) is 1.52. The fraction of sp³-hybridized carbons (Fsp3) is 0.304. The van der Waals surface area contributed by atoms with E-state index in [1.54, 1.807) is 12.3 Å². The number of fused-ring (bicyclic) bond motifs is 1. The van der Waals surface area contributed by atoms with Crippen LogP contribution in [0.5, 0.6) is 5.75 Å². The van der Waals surface area contributed by atoms with Gasteiger partial charge in [0.05, 0.1) is 18.8 Å². The lowest BCUT2D eigenvalue weighted by molar-refractivity contribution is 0.0668. The second kappa shape index (κ2) is 8.52. The first-order valence-corrected chi connectivity index (χ1v) is 10.8. The Morgan fingerprint density at radius 2 is 2.13 bits per heavy atom. The predicted octanol–water partition coefficient (Wildman–Crippen LogP) is 4.04. The molecule has 1 amide bonds. The zero-order valence-corrected chi connectivity index (χ0v) is 19.2. The number of nitrogens with zero attached hydrogens (tertiary/aromatic N) is 5. The zero-order valence-electron chi connectivity index (χ0n) is 17.6. The number of methoxy groups -OCH3 is 1. The van der Waals surface area contributed by atoms with E-state index in [0.29, 0.717) is 35.7 Å². The van der Waals surface area contributed by atoms with Crippen LogP contribution in [0.15, 0.2) is 41.3 Å². The molecule has 1 unspecified atom stereocenters. The van der Waals surface area contributed by atoms with Gasteiger partial charge in [0.15, 0.2) is 0 Å². The summed E-state index contributed by atoms with van der Waals surface area (Å²) < 4.78 is 8.31. The highest BCUT2D eigenvalue weighted by Crippen LogP contribution is 2.33. The van der Waals surface area contributed by atoms with Gasteiger partial charge in [-0.3, -0.25) is 9.78 Å². The van der Waals surface area contributed by atoms with E-state index in [1.807, 2.05) is 31.0 Å². The summed E-state index contributed by atoms with van der Waals surface area (Å²) in [6.45, 7) is 5.15. The normalized spacial score (nSPS) is 14.2. The molecule has 31 heavy (non-hydrogen) atoms. The van der Waals surface area contributed by atoms with Gasteiger partial charge in [-0.25, -0.2) is 4.98 Å². The molecular weight excluding hydrogens is 458 g/mol. The minimum Gasteiger partial charge on any atom is -0.495 e. The first-order chi connectivity index (χ1) is 14.9. The van der Waals surface area contributed by atoms with Crippen LogP contribution in [0.3, 0.4) is 0 Å². The summed E-state index contributed by atoms with van der Waals surface area (Å²) >= 11 is 3.66. The fourth-order valence-corrected chi connectivity index (χ4v) is 4.65. The number of nitriles is 1. The second-order valence-corrected chi connectivity index (χ2v) is 8.41. The average molecular weight is 480 g/mol. The molecule has 0 bridgehead atoms. The number of imidazole rings is 1. The fourth-order valence-electron chi connectivity index (χ4n) is 3.95. The summed E-state index contributed by atoms with van der Waals surface area (Å²) in [6.07, 6.45) is 5.96. The minimum atomic E-state index is -0.249. The van der Waals surface area contributed by atoms with Crippen LogP contribution in [-0.4, -0.2) is 39.0 Å². The number of carbonyl (C=O) groups excluding carboxylic acids is 1. The van der Waals surface area contributed by atoms with Crippen molar-refractivity contribution in [3.05, 3.63) is 75.0 Å². The Morgan fingerprint density at radius 1 is 1.32 bits per heavy atom. The third kappa shape index (κ3) is 3.93. The van der Waals surface area contributed by atoms with Gasteiger partial charge in [0.25, 0.3) is 5.91 Å². The van der Waals surface area contributed by atoms with Crippen molar-refractivity contribution >= 4 is 21.8 Å². The third-order valence-corrected chi connectivity index (χ3v) is 6.46. The number of aromatic nitrogens is 3. The van der Waals surface area contributed by atoms with E-state index in [2.05, 4.69) is 42.6 Å². The van der Waals surface area contributed by atoms with Crippen molar-refractivity contribution < 1.29 is 9.53 Å². The number of hydrogen-bond acceptors (Lipinski definition) is 5. The molecule has 0 N–H and O–H groups in total. The van der Waals surface area contributed by atoms with E-state index in [-0.39, 0.29) is 11.9 Å². The molecule has 0 saturated carbocycles. The van der Waals surface area contributed by atoms with Crippen LogP contribution >= 0.6 is 15.9 Å². The molecule has 1 aromatic carbocycles. The topological polar surface area (TPSA) is 84.0 Å². The monoisotopic (exact) mass is 479 g/mol. The molecular formula is C23H22BrN5O2. The number of halogens is 1. The molecule has 7 nitrogen and oxygen atoms in total. The lowest BCUT2D eigenvalue weighted by atomic mass is 9.95. The van der Waals surface area contributed by atoms with Gasteiger partial charge in [0, 0.05) is 47.8 Å². The van der Waals surface area contributed by atoms with E-state index in [9.17, 15) is 10.1 Å². The van der Waals surface area contributed by atoms with Crippen molar-refractivity contribution in [2.24, 2.45) is 0 Å². The molecule has 8 heteroatoms. The molecule has 158 valence electrons. The number of carbonyl (C=O) groups is 1. The third-order valence-electron chi connectivity index (χ3n) is 5.75. The van der Waals surface area contributed by atoms with Gasteiger partial charge < -0.3 is 14.2 Å². The van der Waals surface area contributed by atoms with Gasteiger partial charge in [-0.1, -0.05) is 15.9 Å². The van der Waals surface area contributed by atoms with Crippen molar-refractivity contribution in [3.8, 4) is 11.8 Å². The lowest BCUT2D eigenvalue weighted by Crippen LogP contribution is -2.40. The van der Waals surface area contributed by atoms with Crippen LogP contribution in [0.1, 0.15) is 51.5 Å². The Kier molecular flexibility index (Phi) is 5.79. The maximum absolute atomic E-state index is 13.5. The minimum absolute atomic E-state index is 0.0243. The molecule has 1 aliphatic heterocycles. The number of hydrogen-bond donors (Lipinski definition) is 0. The molecule has 0 saturated heterocycles. The Labute approximate surface area is 189 Å². The van der Waals surface area contributed by atoms with Gasteiger partial charge in [-0.15, -0.1) is 0 Å². The Hall–Kier alpha value is -3.18. The maximum atomic E-state index is 13.5. The van der Waals surface area contributed by atoms with Crippen LogP contribution in [0.2, 0.25) is 0 Å². The summed E-state index contributed by atoms with van der Waals surface area (Å²) in [5, 5.41) is 9.20. The molecule has 0 fully saturated rings. The summed E-state index contributed by atoms with van der Waals surface area (Å²) in [6, 6.07) is 7.62. The Bertz CT molecular complexity index is 1200. The van der Waals surface area contributed by atoms with E-state index >= 15 is 0 Å². The number of ether oxygens (including phenoxy) is 1. The van der Waals surface area contributed by atoms with Gasteiger partial charge in [-0.2, -0.15) is 5.26 Å². The molecule has 3 heterocycles. The van der Waals surface area contributed by atoms with Crippen LogP contribution in [0, 0.1) is 18.3 Å². The van der Waals surface area contributed by atoms with Crippen LogP contribution in [-0.2, 0) is 13.0 Å². The molecule has 1 aliphatic rings. The molecule has 0 aliphatic carbocycles. The van der Waals surface area contributed by atoms with Crippen molar-refractivity contribution in [1.82, 2.24) is 19.4 Å². The molecule has 3 aromatic rings. The van der Waals surface area contributed by atoms with E-state index in [1.165, 1.54) is 13.3 Å². The second-order valence-electron chi connectivity index (χ2n) is 7.55. The summed E-state index contributed by atoms with van der Waals surface area (Å²) in [5.41, 5.74) is 3.84. The van der Waals surface area contributed by atoms with E-state index < -0.39 is 0 Å². The summed E-state index contributed by atoms with van der Waals surface area (Å²) in [4.78, 5) is 24.0. The Morgan fingerprint density at radius 3 is 2.81 bits per heavy atom. The maximum Gasteiger partial charge on any atom is 0.254 e. The number of rotatable bonds is 5. The first-order valence-electron chi connectivity index (χ1n) is 9.97. The highest BCUT2D eigenvalue weighted by Gasteiger charge is 2.31. The summed E-state index contributed by atoms with van der Waals surface area (Å²) in [5.74, 6) is 1.37. The Balaban J connectivity index is 1.64. The van der Waals surface area contributed by atoms with Gasteiger partial charge in [0.2, 0.25) is 0 Å². The smallest absolute Gasteiger partial charge is 0.254 e. The van der Waals surface area contributed by atoms with Crippen molar-refractivity contribution in [3.63, 3.8) is 0 Å². The number of benzene rings is 1. The SMILES string of the molecule is COc1cc(C(C)N2CCc3c(Br)cc(Cn4ccnc4C)cc3C2=O)ncc1C#N. The van der Waals surface area contributed by atoms with Crippen LogP contribution in [0.4, 0.5) is 0 Å². The first kappa shape index (κ1) is 21.1. The predicted molar refractivity (Wildman–Crippen MR) is 119 cm³/mol. The molecule has 0 radical (unpaired) electrons. The standard InChI is InChI=1S/C23H22BrN5O2/c1-14(21-10-22(31-3)17(11-25)12-27-21)29-6-4-18-19(23(29)30)8-16(9-20(18)24)13-28-7-5-26-15(28)2/h5,7-10,12,14H,4,6,13H2,1-3H3. The average Bonchev–Trinajstić information content (AvgIpc) is 3.17. The quantitative estimate of drug-likeness (QED) is 0.551.